The van der Waals surface area contributed by atoms with Crippen molar-refractivity contribution in [3.8, 4) is 0 Å². The number of aromatic nitrogens is 1. The van der Waals surface area contributed by atoms with Crippen LogP contribution >= 0.6 is 0 Å². The molecule has 0 aliphatic carbocycles. The number of hydrogen-bond acceptors (Lipinski definition) is 3. The van der Waals surface area contributed by atoms with Crippen molar-refractivity contribution >= 4 is 17.6 Å². The van der Waals surface area contributed by atoms with Crippen LogP contribution in [0, 0.1) is 5.82 Å². The fourth-order valence-corrected chi connectivity index (χ4v) is 2.58. The number of carbonyl (C=O) groups excluding carboxylic acids is 1. The van der Waals surface area contributed by atoms with E-state index >= 15 is 0 Å². The zero-order valence-corrected chi connectivity index (χ0v) is 11.6. The number of carboxylic acid groups (broad SMARTS) is 1. The number of carboxylic acids is 1. The Hall–Kier alpha value is -2.76. The lowest BCUT2D eigenvalue weighted by molar-refractivity contribution is 0.0690. The van der Waals surface area contributed by atoms with E-state index in [4.69, 9.17) is 5.11 Å². The molecule has 0 spiro atoms. The Labute approximate surface area is 126 Å². The first kappa shape index (κ1) is 14.2. The summed E-state index contributed by atoms with van der Waals surface area (Å²) < 4.78 is 13.3. The summed E-state index contributed by atoms with van der Waals surface area (Å²) in [6, 6.07) is 7.11. The van der Waals surface area contributed by atoms with Gasteiger partial charge in [-0.15, -0.1) is 0 Å². The number of nitrogens with zero attached hydrogens (tertiary/aromatic N) is 2. The van der Waals surface area contributed by atoms with Gasteiger partial charge in [0.1, 0.15) is 11.5 Å². The fourth-order valence-electron chi connectivity index (χ4n) is 2.58. The summed E-state index contributed by atoms with van der Waals surface area (Å²) in [5, 5.41) is 8.83. The van der Waals surface area contributed by atoms with Crippen molar-refractivity contribution in [2.24, 2.45) is 0 Å². The highest BCUT2D eigenvalue weighted by atomic mass is 19.1. The predicted molar refractivity (Wildman–Crippen MR) is 77.6 cm³/mol. The summed E-state index contributed by atoms with van der Waals surface area (Å²) in [4.78, 5) is 28.7. The third-order valence-electron chi connectivity index (χ3n) is 3.63. The molecule has 6 heteroatoms. The number of aryl methyl sites for hydroxylation is 1. The van der Waals surface area contributed by atoms with E-state index in [0.29, 0.717) is 17.8 Å². The highest BCUT2D eigenvalue weighted by Crippen LogP contribution is 2.29. The maximum Gasteiger partial charge on any atom is 0.354 e. The van der Waals surface area contributed by atoms with Gasteiger partial charge in [0.25, 0.3) is 5.91 Å². The molecule has 22 heavy (non-hydrogen) atoms. The summed E-state index contributed by atoms with van der Waals surface area (Å²) in [7, 11) is 0. The second kappa shape index (κ2) is 5.55. The maximum absolute atomic E-state index is 13.3. The molecule has 3 rings (SSSR count). The summed E-state index contributed by atoms with van der Waals surface area (Å²) >= 11 is 0. The number of halogens is 1. The van der Waals surface area contributed by atoms with Gasteiger partial charge in [-0.1, -0.05) is 0 Å². The molecule has 5 nitrogen and oxygen atoms in total. The number of carbonyl (C=O) groups is 2. The van der Waals surface area contributed by atoms with Crippen LogP contribution in [-0.4, -0.2) is 28.5 Å². The number of anilines is 1. The molecule has 0 saturated carbocycles. The molecule has 0 radical (unpaired) electrons. The van der Waals surface area contributed by atoms with E-state index < -0.39 is 5.97 Å². The van der Waals surface area contributed by atoms with Gasteiger partial charge in [-0.3, -0.25) is 4.79 Å². The van der Waals surface area contributed by atoms with E-state index in [-0.39, 0.29) is 17.4 Å². The highest BCUT2D eigenvalue weighted by Gasteiger charge is 2.24. The molecule has 0 atom stereocenters. The second-order valence-corrected chi connectivity index (χ2v) is 5.07. The van der Waals surface area contributed by atoms with Crippen molar-refractivity contribution in [1.82, 2.24) is 4.98 Å². The van der Waals surface area contributed by atoms with Crippen LogP contribution in [0.3, 0.4) is 0 Å². The van der Waals surface area contributed by atoms with E-state index in [0.717, 1.165) is 18.4 Å². The number of pyridine rings is 1. The Morgan fingerprint density at radius 1 is 1.23 bits per heavy atom. The molecule has 112 valence electrons. The quantitative estimate of drug-likeness (QED) is 0.925. The molecule has 2 aromatic rings. The van der Waals surface area contributed by atoms with E-state index in [2.05, 4.69) is 4.98 Å². The molecule has 0 unspecified atom stereocenters. The van der Waals surface area contributed by atoms with Gasteiger partial charge in [0.05, 0.1) is 5.56 Å². The average molecular weight is 300 g/mol. The first-order valence-electron chi connectivity index (χ1n) is 6.86. The molecule has 1 aliphatic heterocycles. The van der Waals surface area contributed by atoms with Crippen LogP contribution in [0.4, 0.5) is 10.1 Å². The van der Waals surface area contributed by atoms with Crippen LogP contribution in [0.1, 0.15) is 32.8 Å². The van der Waals surface area contributed by atoms with Gasteiger partial charge < -0.3 is 10.0 Å². The zero-order chi connectivity index (χ0) is 15.7. The van der Waals surface area contributed by atoms with Crippen molar-refractivity contribution in [2.45, 2.75) is 12.8 Å². The van der Waals surface area contributed by atoms with Crippen molar-refractivity contribution in [1.29, 1.82) is 0 Å². The van der Waals surface area contributed by atoms with Gasteiger partial charge in [-0.2, -0.15) is 0 Å². The van der Waals surface area contributed by atoms with Crippen LogP contribution in [0.25, 0.3) is 0 Å². The number of aromatic carboxylic acids is 1. The zero-order valence-electron chi connectivity index (χ0n) is 11.6. The van der Waals surface area contributed by atoms with Crippen molar-refractivity contribution < 1.29 is 19.1 Å². The number of benzene rings is 1. The molecule has 1 aromatic heterocycles. The van der Waals surface area contributed by atoms with Gasteiger partial charge in [-0.25, -0.2) is 14.2 Å². The molecular weight excluding hydrogens is 287 g/mol. The monoisotopic (exact) mass is 300 g/mol. The van der Waals surface area contributed by atoms with Crippen molar-refractivity contribution in [3.05, 3.63) is 59.2 Å². The van der Waals surface area contributed by atoms with Crippen LogP contribution in [-0.2, 0) is 6.42 Å². The largest absolute Gasteiger partial charge is 0.477 e. The number of fused-ring (bicyclic) bond motifs is 1. The van der Waals surface area contributed by atoms with E-state index in [1.165, 1.54) is 30.5 Å². The Morgan fingerprint density at radius 2 is 2.05 bits per heavy atom. The third-order valence-corrected chi connectivity index (χ3v) is 3.63. The number of rotatable bonds is 2. The first-order valence-corrected chi connectivity index (χ1v) is 6.86. The molecule has 1 aliphatic rings. The topological polar surface area (TPSA) is 70.5 Å². The van der Waals surface area contributed by atoms with Gasteiger partial charge in [-0.05, 0) is 48.7 Å². The summed E-state index contributed by atoms with van der Waals surface area (Å²) in [5.74, 6) is -1.73. The smallest absolute Gasteiger partial charge is 0.354 e. The van der Waals surface area contributed by atoms with Crippen LogP contribution in [0.15, 0.2) is 36.5 Å². The first-order chi connectivity index (χ1) is 10.6. The Bertz CT molecular complexity index is 744. The molecule has 1 amide bonds. The van der Waals surface area contributed by atoms with Gasteiger partial charge >= 0.3 is 5.97 Å². The lowest BCUT2D eigenvalue weighted by Crippen LogP contribution is -2.35. The molecular formula is C16H13FN2O3. The Morgan fingerprint density at radius 3 is 2.73 bits per heavy atom. The predicted octanol–water partition coefficient (Wildman–Crippen LogP) is 2.51. The number of amides is 1. The van der Waals surface area contributed by atoms with E-state index in [1.807, 2.05) is 0 Å². The molecule has 0 bridgehead atoms. The molecule has 0 fully saturated rings. The minimum atomic E-state index is -1.14. The summed E-state index contributed by atoms with van der Waals surface area (Å²) in [5.41, 5.74) is 1.69. The maximum atomic E-state index is 13.3. The normalized spacial score (nSPS) is 13.6. The Balaban J connectivity index is 1.92. The minimum absolute atomic E-state index is 0.113. The van der Waals surface area contributed by atoms with E-state index in [9.17, 15) is 14.0 Å². The lowest BCUT2D eigenvalue weighted by atomic mass is 10.0. The number of hydrogen-bond donors (Lipinski definition) is 1. The average Bonchev–Trinajstić information content (AvgIpc) is 2.53. The van der Waals surface area contributed by atoms with Crippen LogP contribution in [0.5, 0.6) is 0 Å². The second-order valence-electron chi connectivity index (χ2n) is 5.07. The third kappa shape index (κ3) is 2.55. The minimum Gasteiger partial charge on any atom is -0.477 e. The fraction of sp³-hybridized carbons (Fsp3) is 0.188. The molecule has 2 heterocycles. The summed E-state index contributed by atoms with van der Waals surface area (Å²) in [6.45, 7) is 0.540. The standard InChI is InChI=1S/C16H13FN2O3/c17-12-4-6-14-10(8-12)2-1-7-19(14)15(20)11-3-5-13(16(21)22)18-9-11/h3-6,8-9H,1-2,7H2,(H,21,22). The Kier molecular flexibility index (Phi) is 3.58. The van der Waals surface area contributed by atoms with Crippen LogP contribution < -0.4 is 4.90 Å². The molecule has 1 aromatic carbocycles. The highest BCUT2D eigenvalue weighted by molar-refractivity contribution is 6.06. The molecule has 1 N–H and O–H groups in total. The lowest BCUT2D eigenvalue weighted by Gasteiger charge is -2.29. The summed E-state index contributed by atoms with van der Waals surface area (Å²) in [6.07, 6.45) is 2.74. The van der Waals surface area contributed by atoms with Gasteiger partial charge in [0.15, 0.2) is 0 Å². The van der Waals surface area contributed by atoms with Gasteiger partial charge in [0, 0.05) is 18.4 Å². The van der Waals surface area contributed by atoms with Crippen molar-refractivity contribution in [2.75, 3.05) is 11.4 Å². The van der Waals surface area contributed by atoms with E-state index in [1.54, 1.807) is 11.0 Å². The SMILES string of the molecule is O=C(O)c1ccc(C(=O)N2CCCc3cc(F)ccc32)cn1. The molecule has 0 saturated heterocycles. The van der Waals surface area contributed by atoms with Crippen molar-refractivity contribution in [3.63, 3.8) is 0 Å². The van der Waals surface area contributed by atoms with Gasteiger partial charge in [0.2, 0.25) is 0 Å². The van der Waals surface area contributed by atoms with Crippen LogP contribution in [0.2, 0.25) is 0 Å².